The van der Waals surface area contributed by atoms with Crippen LogP contribution in [0.1, 0.15) is 11.1 Å². The summed E-state index contributed by atoms with van der Waals surface area (Å²) in [7, 11) is 1.62. The Kier molecular flexibility index (Phi) is 4.69. The monoisotopic (exact) mass is 394 g/mol. The van der Waals surface area contributed by atoms with Crippen molar-refractivity contribution in [3.63, 3.8) is 0 Å². The van der Waals surface area contributed by atoms with Gasteiger partial charge in [-0.1, -0.05) is 6.07 Å². The van der Waals surface area contributed by atoms with Gasteiger partial charge < -0.3 is 10.1 Å². The number of nitriles is 1. The van der Waals surface area contributed by atoms with Crippen LogP contribution in [0.4, 0.5) is 11.4 Å². The maximum Gasteiger partial charge on any atom is 0.135 e. The Morgan fingerprint density at radius 3 is 2.50 bits per heavy atom. The number of nitrogens with zero attached hydrogens (tertiary/aromatic N) is 1. The quantitative estimate of drug-likeness (QED) is 0.781. The van der Waals surface area contributed by atoms with Gasteiger partial charge in [0.25, 0.3) is 0 Å². The first-order valence-electron chi connectivity index (χ1n) is 5.86. The zero-order valence-corrected chi connectivity index (χ0v) is 14.2. The van der Waals surface area contributed by atoms with E-state index < -0.39 is 0 Å². The van der Waals surface area contributed by atoms with Gasteiger partial charge in [0.2, 0.25) is 0 Å². The molecule has 0 amide bonds. The van der Waals surface area contributed by atoms with Crippen molar-refractivity contribution in [2.24, 2.45) is 0 Å². The third-order valence-electron chi connectivity index (χ3n) is 2.81. The molecule has 20 heavy (non-hydrogen) atoms. The molecule has 0 saturated heterocycles. The smallest absolute Gasteiger partial charge is 0.135 e. The van der Waals surface area contributed by atoms with Crippen LogP contribution in [0.15, 0.2) is 39.3 Å². The third-order valence-corrected chi connectivity index (χ3v) is 4.08. The van der Waals surface area contributed by atoms with Crippen LogP contribution in [0.3, 0.4) is 0 Å². The van der Waals surface area contributed by atoms with Crippen molar-refractivity contribution >= 4 is 43.2 Å². The Morgan fingerprint density at radius 2 is 1.85 bits per heavy atom. The van der Waals surface area contributed by atoms with Crippen molar-refractivity contribution < 1.29 is 4.74 Å². The molecule has 2 aromatic carbocycles. The molecule has 0 aromatic heterocycles. The van der Waals surface area contributed by atoms with Crippen LogP contribution in [0.5, 0.6) is 5.75 Å². The summed E-state index contributed by atoms with van der Waals surface area (Å²) in [4.78, 5) is 0. The molecule has 0 aliphatic carbocycles. The second-order valence-electron chi connectivity index (χ2n) is 4.25. The number of anilines is 2. The highest BCUT2D eigenvalue weighted by atomic mass is 79.9. The molecular formula is C15H12Br2N2O. The minimum atomic E-state index is 0.601. The lowest BCUT2D eigenvalue weighted by Gasteiger charge is -2.13. The third kappa shape index (κ3) is 3.14. The molecule has 0 aliphatic heterocycles. The highest BCUT2D eigenvalue weighted by Gasteiger charge is 2.09. The SMILES string of the molecule is COc1cc(Nc2cc(C)ccc2C#N)c(Br)cc1Br. The van der Waals surface area contributed by atoms with E-state index in [-0.39, 0.29) is 0 Å². The fourth-order valence-corrected chi connectivity index (χ4v) is 3.04. The Labute approximate surface area is 134 Å². The largest absolute Gasteiger partial charge is 0.495 e. The van der Waals surface area contributed by atoms with Crippen LogP contribution in [0.2, 0.25) is 0 Å². The lowest BCUT2D eigenvalue weighted by molar-refractivity contribution is 0.412. The van der Waals surface area contributed by atoms with Crippen LogP contribution in [0, 0.1) is 18.3 Å². The molecule has 2 aromatic rings. The van der Waals surface area contributed by atoms with Gasteiger partial charge in [-0.05, 0) is 62.5 Å². The van der Waals surface area contributed by atoms with E-state index in [1.165, 1.54) is 0 Å². The molecular weight excluding hydrogens is 384 g/mol. The van der Waals surface area contributed by atoms with E-state index in [9.17, 15) is 0 Å². The summed E-state index contributed by atoms with van der Waals surface area (Å²) in [5, 5.41) is 12.4. The number of rotatable bonds is 3. The number of benzene rings is 2. The number of methoxy groups -OCH3 is 1. The molecule has 3 nitrogen and oxygen atoms in total. The molecule has 0 atom stereocenters. The fraction of sp³-hybridized carbons (Fsp3) is 0.133. The Morgan fingerprint density at radius 1 is 1.10 bits per heavy atom. The summed E-state index contributed by atoms with van der Waals surface area (Å²) < 4.78 is 7.03. The van der Waals surface area contributed by atoms with Gasteiger partial charge in [-0.15, -0.1) is 0 Å². The summed E-state index contributed by atoms with van der Waals surface area (Å²) in [6.07, 6.45) is 0. The highest BCUT2D eigenvalue weighted by Crippen LogP contribution is 2.36. The van der Waals surface area contributed by atoms with Crippen molar-refractivity contribution in [3.8, 4) is 11.8 Å². The molecule has 0 saturated carbocycles. The Bertz CT molecular complexity index is 693. The summed E-state index contributed by atoms with van der Waals surface area (Å²) in [6, 6.07) is 11.6. The van der Waals surface area contributed by atoms with Crippen molar-refractivity contribution in [2.75, 3.05) is 12.4 Å². The van der Waals surface area contributed by atoms with E-state index in [1.54, 1.807) is 7.11 Å². The number of nitrogens with one attached hydrogen (secondary N) is 1. The van der Waals surface area contributed by atoms with Gasteiger partial charge in [-0.25, -0.2) is 0 Å². The lowest BCUT2D eigenvalue weighted by atomic mass is 10.1. The Hall–Kier alpha value is -1.51. The van der Waals surface area contributed by atoms with Gasteiger partial charge >= 0.3 is 0 Å². The zero-order valence-electron chi connectivity index (χ0n) is 11.0. The Balaban J connectivity index is 2.45. The predicted molar refractivity (Wildman–Crippen MR) is 87.6 cm³/mol. The van der Waals surface area contributed by atoms with Crippen molar-refractivity contribution in [3.05, 3.63) is 50.4 Å². The summed E-state index contributed by atoms with van der Waals surface area (Å²) >= 11 is 6.93. The van der Waals surface area contributed by atoms with E-state index >= 15 is 0 Å². The van der Waals surface area contributed by atoms with Crippen molar-refractivity contribution in [1.82, 2.24) is 0 Å². The van der Waals surface area contributed by atoms with Gasteiger partial charge in [-0.3, -0.25) is 0 Å². The molecule has 0 spiro atoms. The molecule has 0 unspecified atom stereocenters. The highest BCUT2D eigenvalue weighted by molar-refractivity contribution is 9.11. The molecule has 1 N–H and O–H groups in total. The number of halogens is 2. The second kappa shape index (κ2) is 6.29. The summed E-state index contributed by atoms with van der Waals surface area (Å²) in [5.41, 5.74) is 3.31. The lowest BCUT2D eigenvalue weighted by Crippen LogP contribution is -1.96. The van der Waals surface area contributed by atoms with E-state index in [0.717, 1.165) is 31.6 Å². The maximum absolute atomic E-state index is 9.17. The minimum absolute atomic E-state index is 0.601. The van der Waals surface area contributed by atoms with Gasteiger partial charge in [0.1, 0.15) is 11.8 Å². The maximum atomic E-state index is 9.17. The number of hydrogen-bond donors (Lipinski definition) is 1. The average Bonchev–Trinajstić information content (AvgIpc) is 2.42. The number of aryl methyl sites for hydroxylation is 1. The molecule has 0 fully saturated rings. The first-order chi connectivity index (χ1) is 9.55. The first kappa shape index (κ1) is 14.9. The summed E-state index contributed by atoms with van der Waals surface area (Å²) in [6.45, 7) is 1.99. The van der Waals surface area contributed by atoms with Crippen LogP contribution >= 0.6 is 31.9 Å². The van der Waals surface area contributed by atoms with Crippen LogP contribution in [-0.2, 0) is 0 Å². The fourth-order valence-electron chi connectivity index (χ4n) is 1.79. The molecule has 5 heteroatoms. The topological polar surface area (TPSA) is 45.0 Å². The molecule has 0 aliphatic rings. The van der Waals surface area contributed by atoms with Crippen LogP contribution < -0.4 is 10.1 Å². The van der Waals surface area contributed by atoms with E-state index in [0.29, 0.717) is 5.56 Å². The predicted octanol–water partition coefficient (Wildman–Crippen LogP) is 5.14. The number of hydrogen-bond acceptors (Lipinski definition) is 3. The summed E-state index contributed by atoms with van der Waals surface area (Å²) in [5.74, 6) is 0.724. The van der Waals surface area contributed by atoms with Crippen LogP contribution in [-0.4, -0.2) is 7.11 Å². The normalized spacial score (nSPS) is 9.95. The molecule has 0 bridgehead atoms. The molecule has 2 rings (SSSR count). The standard InChI is InChI=1S/C15H12Br2N2O/c1-9-3-4-10(8-18)13(5-9)19-14-7-15(20-2)12(17)6-11(14)16/h3-7,19H,1-2H3. The van der Waals surface area contributed by atoms with E-state index in [1.807, 2.05) is 37.3 Å². The van der Waals surface area contributed by atoms with Gasteiger partial charge in [-0.2, -0.15) is 5.26 Å². The van der Waals surface area contributed by atoms with Crippen molar-refractivity contribution in [2.45, 2.75) is 6.92 Å². The van der Waals surface area contributed by atoms with Crippen molar-refractivity contribution in [1.29, 1.82) is 5.26 Å². The molecule has 102 valence electrons. The van der Waals surface area contributed by atoms with E-state index in [4.69, 9.17) is 10.00 Å². The molecule has 0 radical (unpaired) electrons. The minimum Gasteiger partial charge on any atom is -0.495 e. The molecule has 0 heterocycles. The zero-order chi connectivity index (χ0) is 14.7. The number of ether oxygens (including phenoxy) is 1. The van der Waals surface area contributed by atoms with Gasteiger partial charge in [0, 0.05) is 10.5 Å². The van der Waals surface area contributed by atoms with Gasteiger partial charge in [0.15, 0.2) is 0 Å². The first-order valence-corrected chi connectivity index (χ1v) is 7.44. The second-order valence-corrected chi connectivity index (χ2v) is 5.96. The van der Waals surface area contributed by atoms with E-state index in [2.05, 4.69) is 43.2 Å². The van der Waals surface area contributed by atoms with Crippen LogP contribution in [0.25, 0.3) is 0 Å². The average molecular weight is 396 g/mol. The van der Waals surface area contributed by atoms with Gasteiger partial charge in [0.05, 0.1) is 28.5 Å².